The van der Waals surface area contributed by atoms with Gasteiger partial charge >= 0.3 is 0 Å². The number of piperidine rings is 1. The highest BCUT2D eigenvalue weighted by molar-refractivity contribution is 5.94. The van der Waals surface area contributed by atoms with Gasteiger partial charge in [0, 0.05) is 43.5 Å². The summed E-state index contributed by atoms with van der Waals surface area (Å²) in [5.74, 6) is 1.90. The van der Waals surface area contributed by atoms with Gasteiger partial charge in [0.1, 0.15) is 5.82 Å². The highest BCUT2D eigenvalue weighted by Gasteiger charge is 2.25. The van der Waals surface area contributed by atoms with E-state index in [1.165, 1.54) is 11.3 Å². The summed E-state index contributed by atoms with van der Waals surface area (Å²) in [6.45, 7) is 6.68. The van der Waals surface area contributed by atoms with E-state index >= 15 is 0 Å². The van der Waals surface area contributed by atoms with Crippen LogP contribution in [0.15, 0.2) is 60.8 Å². The Balaban J connectivity index is 1.37. The second-order valence-corrected chi connectivity index (χ2v) is 8.20. The number of benzene rings is 2. The number of hydrogen-bond acceptors (Lipinski definition) is 2. The van der Waals surface area contributed by atoms with Crippen molar-refractivity contribution < 1.29 is 4.79 Å². The fourth-order valence-corrected chi connectivity index (χ4v) is 4.21. The van der Waals surface area contributed by atoms with Crippen molar-refractivity contribution in [2.45, 2.75) is 39.7 Å². The molecule has 0 unspecified atom stereocenters. The molecule has 150 valence electrons. The summed E-state index contributed by atoms with van der Waals surface area (Å²) in [6.07, 6.45) is 5.03. The lowest BCUT2D eigenvalue weighted by Gasteiger charge is -2.32. The Morgan fingerprint density at radius 2 is 1.79 bits per heavy atom. The molecule has 1 aliphatic heterocycles. The maximum absolute atomic E-state index is 12.8. The predicted molar refractivity (Wildman–Crippen MR) is 116 cm³/mol. The largest absolute Gasteiger partial charge is 0.339 e. The van der Waals surface area contributed by atoms with E-state index in [4.69, 9.17) is 4.98 Å². The normalized spacial score (nSPS) is 14.9. The van der Waals surface area contributed by atoms with E-state index in [1.54, 1.807) is 0 Å². The lowest BCUT2D eigenvalue weighted by Crippen LogP contribution is -2.39. The topological polar surface area (TPSA) is 38.1 Å². The monoisotopic (exact) mass is 387 g/mol. The molecule has 1 aromatic heterocycles. The number of likely N-dealkylation sites (tertiary alicyclic amines) is 1. The summed E-state index contributed by atoms with van der Waals surface area (Å²) < 4.78 is 2.33. The number of carbonyl (C=O) groups excluding carboxylic acids is 1. The van der Waals surface area contributed by atoms with Gasteiger partial charge in [0.15, 0.2) is 0 Å². The Labute approximate surface area is 173 Å². The summed E-state index contributed by atoms with van der Waals surface area (Å²) in [7, 11) is 0. The average Bonchev–Trinajstić information content (AvgIpc) is 3.08. The lowest BCUT2D eigenvalue weighted by molar-refractivity contribution is 0.0689. The summed E-state index contributed by atoms with van der Waals surface area (Å²) >= 11 is 0. The predicted octanol–water partition coefficient (Wildman–Crippen LogP) is 4.64. The highest BCUT2D eigenvalue weighted by atomic mass is 16.2. The van der Waals surface area contributed by atoms with Crippen molar-refractivity contribution in [3.63, 3.8) is 0 Å². The molecule has 0 atom stereocenters. The van der Waals surface area contributed by atoms with Gasteiger partial charge in [0.05, 0.1) is 0 Å². The van der Waals surface area contributed by atoms with E-state index < -0.39 is 0 Å². The molecule has 2 aromatic carbocycles. The van der Waals surface area contributed by atoms with E-state index in [2.05, 4.69) is 41.8 Å². The van der Waals surface area contributed by atoms with Crippen LogP contribution in [0.1, 0.15) is 45.8 Å². The quantitative estimate of drug-likeness (QED) is 0.639. The van der Waals surface area contributed by atoms with Crippen LogP contribution in [0.5, 0.6) is 0 Å². The molecule has 1 fully saturated rings. The molecule has 4 nitrogen and oxygen atoms in total. The minimum Gasteiger partial charge on any atom is -0.339 e. The second-order valence-electron chi connectivity index (χ2n) is 8.20. The zero-order valence-corrected chi connectivity index (χ0v) is 17.3. The number of hydrogen-bond donors (Lipinski definition) is 0. The molecule has 0 aliphatic carbocycles. The van der Waals surface area contributed by atoms with Crippen LogP contribution in [0.4, 0.5) is 0 Å². The summed E-state index contributed by atoms with van der Waals surface area (Å²) in [6, 6.07) is 18.5. The number of imidazole rings is 1. The van der Waals surface area contributed by atoms with Gasteiger partial charge in [0.25, 0.3) is 5.91 Å². The minimum atomic E-state index is 0.161. The third-order valence-corrected chi connectivity index (χ3v) is 5.96. The van der Waals surface area contributed by atoms with E-state index in [-0.39, 0.29) is 5.91 Å². The molecule has 1 aliphatic rings. The number of nitrogens with zero attached hydrogens (tertiary/aromatic N) is 3. The molecule has 3 aromatic rings. The van der Waals surface area contributed by atoms with Gasteiger partial charge in [-0.2, -0.15) is 0 Å². The average molecular weight is 388 g/mol. The molecule has 0 saturated carbocycles. The fraction of sp³-hybridized carbons (Fsp3) is 0.360. The lowest BCUT2D eigenvalue weighted by atomic mass is 9.92. The molecule has 4 rings (SSSR count). The van der Waals surface area contributed by atoms with Crippen molar-refractivity contribution in [1.29, 1.82) is 0 Å². The van der Waals surface area contributed by atoms with Crippen molar-refractivity contribution in [1.82, 2.24) is 14.5 Å². The maximum atomic E-state index is 12.8. The molecule has 0 spiro atoms. The molecular formula is C25H29N3O. The summed E-state index contributed by atoms with van der Waals surface area (Å²) in [4.78, 5) is 19.5. The molecule has 1 saturated heterocycles. The van der Waals surface area contributed by atoms with Crippen LogP contribution in [0, 0.1) is 19.8 Å². The van der Waals surface area contributed by atoms with Gasteiger partial charge in [-0.05, 0) is 50.3 Å². The SMILES string of the molecule is Cc1cccc(C(=O)N2CCC(Cc3ncc(C)n3Cc3ccccc3)CC2)c1. The molecule has 2 heterocycles. The van der Waals surface area contributed by atoms with Crippen LogP contribution in [0.25, 0.3) is 0 Å². The third-order valence-electron chi connectivity index (χ3n) is 5.96. The Hall–Kier alpha value is -2.88. The fourth-order valence-electron chi connectivity index (χ4n) is 4.21. The second kappa shape index (κ2) is 8.64. The Bertz CT molecular complexity index is 969. The zero-order chi connectivity index (χ0) is 20.2. The van der Waals surface area contributed by atoms with E-state index in [1.807, 2.05) is 42.3 Å². The molecule has 29 heavy (non-hydrogen) atoms. The Morgan fingerprint density at radius 3 is 2.52 bits per heavy atom. The van der Waals surface area contributed by atoms with Gasteiger partial charge < -0.3 is 9.47 Å². The number of amides is 1. The summed E-state index contributed by atoms with van der Waals surface area (Å²) in [5.41, 5.74) is 4.44. The third kappa shape index (κ3) is 4.58. The van der Waals surface area contributed by atoms with Crippen LogP contribution in [-0.2, 0) is 13.0 Å². The van der Waals surface area contributed by atoms with Crippen molar-refractivity contribution in [3.8, 4) is 0 Å². The Kier molecular flexibility index (Phi) is 5.79. The Morgan fingerprint density at radius 1 is 1.03 bits per heavy atom. The van der Waals surface area contributed by atoms with Crippen molar-refractivity contribution in [2.75, 3.05) is 13.1 Å². The van der Waals surface area contributed by atoms with E-state index in [9.17, 15) is 4.79 Å². The zero-order valence-electron chi connectivity index (χ0n) is 17.3. The highest BCUT2D eigenvalue weighted by Crippen LogP contribution is 2.23. The van der Waals surface area contributed by atoms with Gasteiger partial charge in [-0.3, -0.25) is 4.79 Å². The maximum Gasteiger partial charge on any atom is 0.253 e. The van der Waals surface area contributed by atoms with Gasteiger partial charge in [0.2, 0.25) is 0 Å². The first-order chi connectivity index (χ1) is 14.1. The standard InChI is InChI=1S/C25H29N3O/c1-19-7-6-10-23(15-19)25(29)27-13-11-21(12-14-27)16-24-26-17-20(2)28(24)18-22-8-4-3-5-9-22/h3-10,15,17,21H,11-14,16,18H2,1-2H3. The van der Waals surface area contributed by atoms with Gasteiger partial charge in [-0.1, -0.05) is 48.0 Å². The van der Waals surface area contributed by atoms with Crippen LogP contribution in [0.2, 0.25) is 0 Å². The molecule has 0 radical (unpaired) electrons. The van der Waals surface area contributed by atoms with Crippen LogP contribution < -0.4 is 0 Å². The molecule has 0 bridgehead atoms. The van der Waals surface area contributed by atoms with E-state index in [0.29, 0.717) is 5.92 Å². The van der Waals surface area contributed by atoms with Crippen molar-refractivity contribution in [2.24, 2.45) is 5.92 Å². The first-order valence-corrected chi connectivity index (χ1v) is 10.5. The number of aromatic nitrogens is 2. The molecule has 1 amide bonds. The van der Waals surface area contributed by atoms with Crippen LogP contribution in [0.3, 0.4) is 0 Å². The molecule has 0 N–H and O–H groups in total. The van der Waals surface area contributed by atoms with Gasteiger partial charge in [-0.25, -0.2) is 4.98 Å². The van der Waals surface area contributed by atoms with Crippen molar-refractivity contribution >= 4 is 5.91 Å². The smallest absolute Gasteiger partial charge is 0.253 e. The van der Waals surface area contributed by atoms with Gasteiger partial charge in [-0.15, -0.1) is 0 Å². The summed E-state index contributed by atoms with van der Waals surface area (Å²) in [5, 5.41) is 0. The number of carbonyl (C=O) groups is 1. The first kappa shape index (κ1) is 19.4. The first-order valence-electron chi connectivity index (χ1n) is 10.5. The molecule has 4 heteroatoms. The van der Waals surface area contributed by atoms with Crippen molar-refractivity contribution in [3.05, 3.63) is 89.0 Å². The number of aryl methyl sites for hydroxylation is 2. The van der Waals surface area contributed by atoms with Crippen LogP contribution in [-0.4, -0.2) is 33.4 Å². The number of rotatable bonds is 5. The minimum absolute atomic E-state index is 0.161. The molecular weight excluding hydrogens is 358 g/mol. The van der Waals surface area contributed by atoms with Crippen LogP contribution >= 0.6 is 0 Å². The van der Waals surface area contributed by atoms with E-state index in [0.717, 1.165) is 55.8 Å².